The average molecular weight is 354 g/mol. The summed E-state index contributed by atoms with van der Waals surface area (Å²) >= 11 is 1.44. The van der Waals surface area contributed by atoms with E-state index in [1.807, 2.05) is 35.4 Å². The number of hydrogen-bond donors (Lipinski definition) is 1. The van der Waals surface area contributed by atoms with Crippen molar-refractivity contribution in [3.63, 3.8) is 0 Å². The lowest BCUT2D eigenvalue weighted by Gasteiger charge is -2.24. The zero-order chi connectivity index (χ0) is 17.8. The maximum absolute atomic E-state index is 12.9. The Bertz CT molecular complexity index is 806. The topological polar surface area (TPSA) is 72.1 Å². The first kappa shape index (κ1) is 17.5. The number of nitrogens with two attached hydrogens (primary N) is 1. The van der Waals surface area contributed by atoms with Crippen LogP contribution >= 0.6 is 11.8 Å². The van der Waals surface area contributed by atoms with E-state index in [2.05, 4.69) is 29.0 Å². The summed E-state index contributed by atoms with van der Waals surface area (Å²) in [5.41, 5.74) is 8.15. The minimum Gasteiger partial charge on any atom is -0.384 e. The van der Waals surface area contributed by atoms with Gasteiger partial charge in [-0.3, -0.25) is 4.79 Å². The van der Waals surface area contributed by atoms with Gasteiger partial charge in [0.1, 0.15) is 5.82 Å². The molecule has 3 rings (SSSR count). The Hall–Kier alpha value is -2.34. The van der Waals surface area contributed by atoms with Crippen LogP contribution < -0.4 is 5.73 Å². The van der Waals surface area contributed by atoms with E-state index in [0.29, 0.717) is 23.1 Å². The van der Waals surface area contributed by atoms with Crippen molar-refractivity contribution in [3.05, 3.63) is 48.0 Å². The molecule has 1 aliphatic rings. The molecule has 0 bridgehead atoms. The van der Waals surface area contributed by atoms with Crippen molar-refractivity contribution >= 4 is 23.5 Å². The zero-order valence-corrected chi connectivity index (χ0v) is 15.3. The summed E-state index contributed by atoms with van der Waals surface area (Å²) in [6, 6.07) is 9.49. The third-order valence-electron chi connectivity index (χ3n) is 4.22. The molecule has 130 valence electrons. The molecule has 0 saturated carbocycles. The van der Waals surface area contributed by atoms with Gasteiger partial charge in [-0.25, -0.2) is 9.97 Å². The summed E-state index contributed by atoms with van der Waals surface area (Å²) in [5, 5.41) is 0.624. The Labute approximate surface area is 152 Å². The Balaban J connectivity index is 1.89. The van der Waals surface area contributed by atoms with Crippen molar-refractivity contribution in [1.82, 2.24) is 14.9 Å². The van der Waals surface area contributed by atoms with Gasteiger partial charge < -0.3 is 10.6 Å². The summed E-state index contributed by atoms with van der Waals surface area (Å²) in [6.07, 6.45) is 8.14. The highest BCUT2D eigenvalue weighted by atomic mass is 32.2. The molecule has 25 heavy (non-hydrogen) atoms. The monoisotopic (exact) mass is 354 g/mol. The van der Waals surface area contributed by atoms with Crippen LogP contribution in [0.25, 0.3) is 11.3 Å². The highest BCUT2D eigenvalue weighted by Crippen LogP contribution is 2.24. The molecule has 5 nitrogen and oxygen atoms in total. The summed E-state index contributed by atoms with van der Waals surface area (Å²) in [6.45, 7) is 2.81. The predicted octanol–water partition coefficient (Wildman–Crippen LogP) is 3.63. The van der Waals surface area contributed by atoms with Crippen LogP contribution in [0.4, 0.5) is 5.82 Å². The molecule has 0 spiro atoms. The van der Waals surface area contributed by atoms with Gasteiger partial charge in [0.15, 0.2) is 5.16 Å². The smallest absolute Gasteiger partial charge is 0.254 e. The lowest BCUT2D eigenvalue weighted by Crippen LogP contribution is -2.36. The standard InChI is InChI=1S/C19H22N4OS/c1-3-6-15-9-5-10-23(15)18(24)14-8-4-7-13(11-14)16-12-17(20)22-19(21-16)25-2/h4-5,7-9,11-12,15H,3,6,10H2,1-2H3,(H2,20,21,22)/t15-/m1/s1. The minimum absolute atomic E-state index is 0.0532. The van der Waals surface area contributed by atoms with E-state index < -0.39 is 0 Å². The first-order valence-corrected chi connectivity index (χ1v) is 9.61. The molecule has 1 aliphatic heterocycles. The van der Waals surface area contributed by atoms with E-state index in [0.717, 1.165) is 24.1 Å². The molecule has 1 atom stereocenters. The van der Waals surface area contributed by atoms with Crippen LogP contribution in [0, 0.1) is 0 Å². The number of anilines is 1. The van der Waals surface area contributed by atoms with Gasteiger partial charge in [-0.05, 0) is 24.8 Å². The second-order valence-electron chi connectivity index (χ2n) is 5.99. The van der Waals surface area contributed by atoms with Crippen molar-refractivity contribution in [2.24, 2.45) is 0 Å². The van der Waals surface area contributed by atoms with Gasteiger partial charge in [-0.2, -0.15) is 0 Å². The number of nitrogens with zero attached hydrogens (tertiary/aromatic N) is 3. The fourth-order valence-corrected chi connectivity index (χ4v) is 3.40. The molecular weight excluding hydrogens is 332 g/mol. The van der Waals surface area contributed by atoms with Gasteiger partial charge in [0.25, 0.3) is 5.91 Å². The summed E-state index contributed by atoms with van der Waals surface area (Å²) in [4.78, 5) is 23.5. The molecule has 2 N–H and O–H groups in total. The van der Waals surface area contributed by atoms with Crippen LogP contribution in [0.3, 0.4) is 0 Å². The van der Waals surface area contributed by atoms with Gasteiger partial charge in [-0.1, -0.05) is 49.4 Å². The molecule has 1 amide bonds. The fraction of sp³-hybridized carbons (Fsp3) is 0.316. The number of aromatic nitrogens is 2. The van der Waals surface area contributed by atoms with E-state index in [1.165, 1.54) is 11.8 Å². The molecular formula is C19H22N4OS. The molecule has 2 heterocycles. The van der Waals surface area contributed by atoms with E-state index in [9.17, 15) is 4.79 Å². The first-order chi connectivity index (χ1) is 12.1. The molecule has 0 saturated heterocycles. The number of amides is 1. The number of benzene rings is 1. The number of hydrogen-bond acceptors (Lipinski definition) is 5. The maximum atomic E-state index is 12.9. The van der Waals surface area contributed by atoms with Gasteiger partial charge >= 0.3 is 0 Å². The highest BCUT2D eigenvalue weighted by molar-refractivity contribution is 7.98. The molecule has 0 unspecified atom stereocenters. The molecule has 1 aromatic heterocycles. The third kappa shape index (κ3) is 3.85. The molecule has 0 radical (unpaired) electrons. The lowest BCUT2D eigenvalue weighted by molar-refractivity contribution is 0.0744. The first-order valence-electron chi connectivity index (χ1n) is 8.39. The Morgan fingerprint density at radius 2 is 2.20 bits per heavy atom. The number of carbonyl (C=O) groups excluding carboxylic acids is 1. The number of thioether (sulfide) groups is 1. The summed E-state index contributed by atoms with van der Waals surface area (Å²) < 4.78 is 0. The number of rotatable bonds is 5. The third-order valence-corrected chi connectivity index (χ3v) is 4.77. The number of nitrogen functional groups attached to an aromatic ring is 1. The summed E-state index contributed by atoms with van der Waals surface area (Å²) in [5.74, 6) is 0.482. The second kappa shape index (κ2) is 7.70. The molecule has 6 heteroatoms. The van der Waals surface area contributed by atoms with Crippen LogP contribution in [0.15, 0.2) is 47.6 Å². The second-order valence-corrected chi connectivity index (χ2v) is 6.76. The fourth-order valence-electron chi connectivity index (χ4n) is 3.01. The van der Waals surface area contributed by atoms with Crippen LogP contribution in [-0.2, 0) is 0 Å². The van der Waals surface area contributed by atoms with Gasteiger partial charge in [-0.15, -0.1) is 0 Å². The van der Waals surface area contributed by atoms with Crippen LogP contribution in [-0.4, -0.2) is 39.6 Å². The number of carbonyl (C=O) groups is 1. The Morgan fingerprint density at radius 1 is 1.36 bits per heavy atom. The normalized spacial score (nSPS) is 16.4. The molecule has 1 aromatic carbocycles. The van der Waals surface area contributed by atoms with Crippen molar-refractivity contribution in [2.45, 2.75) is 31.0 Å². The lowest BCUT2D eigenvalue weighted by atomic mass is 10.1. The maximum Gasteiger partial charge on any atom is 0.254 e. The zero-order valence-electron chi connectivity index (χ0n) is 14.5. The minimum atomic E-state index is 0.0532. The predicted molar refractivity (Wildman–Crippen MR) is 103 cm³/mol. The van der Waals surface area contributed by atoms with E-state index in [1.54, 1.807) is 6.07 Å². The van der Waals surface area contributed by atoms with Gasteiger partial charge in [0.05, 0.1) is 11.7 Å². The highest BCUT2D eigenvalue weighted by Gasteiger charge is 2.25. The summed E-state index contributed by atoms with van der Waals surface area (Å²) in [7, 11) is 0. The van der Waals surface area contributed by atoms with Crippen molar-refractivity contribution < 1.29 is 4.79 Å². The van der Waals surface area contributed by atoms with E-state index in [4.69, 9.17) is 5.73 Å². The molecule has 0 fully saturated rings. The average Bonchev–Trinajstić information content (AvgIpc) is 3.09. The Kier molecular flexibility index (Phi) is 5.38. The SMILES string of the molecule is CCC[C@@H]1C=CCN1C(=O)c1cccc(-c2cc(N)nc(SC)n2)c1. The van der Waals surface area contributed by atoms with E-state index in [-0.39, 0.29) is 11.9 Å². The van der Waals surface area contributed by atoms with Crippen LogP contribution in [0.1, 0.15) is 30.1 Å². The van der Waals surface area contributed by atoms with Crippen LogP contribution in [0.2, 0.25) is 0 Å². The largest absolute Gasteiger partial charge is 0.384 e. The van der Waals surface area contributed by atoms with Gasteiger partial charge in [0.2, 0.25) is 0 Å². The van der Waals surface area contributed by atoms with Crippen molar-refractivity contribution in [3.8, 4) is 11.3 Å². The molecule has 0 aliphatic carbocycles. The Morgan fingerprint density at radius 3 is 2.96 bits per heavy atom. The molecule has 2 aromatic rings. The quantitative estimate of drug-likeness (QED) is 0.504. The van der Waals surface area contributed by atoms with Crippen molar-refractivity contribution in [2.75, 3.05) is 18.5 Å². The van der Waals surface area contributed by atoms with Crippen molar-refractivity contribution in [1.29, 1.82) is 0 Å². The van der Waals surface area contributed by atoms with Crippen LogP contribution in [0.5, 0.6) is 0 Å². The van der Waals surface area contributed by atoms with Gasteiger partial charge in [0, 0.05) is 23.7 Å². The van der Waals surface area contributed by atoms with E-state index >= 15 is 0 Å².